The Labute approximate surface area is 164 Å². The van der Waals surface area contributed by atoms with Gasteiger partial charge in [0, 0.05) is 18.0 Å². The number of carbonyl (C=O) groups excluding carboxylic acids is 1. The van der Waals surface area contributed by atoms with Gasteiger partial charge < -0.3 is 10.1 Å². The molecule has 0 spiro atoms. The number of pyridine rings is 1. The lowest BCUT2D eigenvalue weighted by molar-refractivity contribution is 0.0959. The molecule has 4 rings (SSSR count). The first kappa shape index (κ1) is 18.5. The highest BCUT2D eigenvalue weighted by molar-refractivity contribution is 5.97. The summed E-state index contributed by atoms with van der Waals surface area (Å²) in [6.45, 7) is 0. The van der Waals surface area contributed by atoms with Crippen molar-refractivity contribution in [3.05, 3.63) is 65.9 Å². The van der Waals surface area contributed by atoms with Crippen LogP contribution in [0.15, 0.2) is 48.7 Å². The molecule has 2 N–H and O–H groups in total. The highest BCUT2D eigenvalue weighted by Crippen LogP contribution is 2.35. The average Bonchev–Trinajstić information content (AvgIpc) is 3.16. The summed E-state index contributed by atoms with van der Waals surface area (Å²) in [5.74, 6) is -1.30. The van der Waals surface area contributed by atoms with E-state index in [1.54, 1.807) is 24.3 Å². The second-order valence-corrected chi connectivity index (χ2v) is 6.28. The number of hydrogen-bond acceptors (Lipinski definition) is 4. The summed E-state index contributed by atoms with van der Waals surface area (Å²) in [6, 6.07) is 10.4. The van der Waals surface area contributed by atoms with Crippen LogP contribution in [0, 0.1) is 11.6 Å². The summed E-state index contributed by atoms with van der Waals surface area (Å²) < 4.78 is 34.1. The fourth-order valence-electron chi connectivity index (χ4n) is 3.18. The van der Waals surface area contributed by atoms with Crippen molar-refractivity contribution >= 4 is 16.8 Å². The number of methoxy groups -OCH3 is 1. The highest BCUT2D eigenvalue weighted by Gasteiger charge is 2.18. The quantitative estimate of drug-likeness (QED) is 0.550. The van der Waals surface area contributed by atoms with Gasteiger partial charge in [-0.25, -0.2) is 8.78 Å². The number of hydrogen-bond donors (Lipinski definition) is 2. The van der Waals surface area contributed by atoms with Crippen LogP contribution in [0.5, 0.6) is 5.75 Å². The molecule has 0 aliphatic heterocycles. The van der Waals surface area contributed by atoms with Gasteiger partial charge in [-0.1, -0.05) is 12.1 Å². The normalized spacial score (nSPS) is 10.9. The number of H-pyrrole nitrogens is 1. The molecule has 0 aliphatic rings. The van der Waals surface area contributed by atoms with Gasteiger partial charge in [-0.05, 0) is 30.3 Å². The maximum absolute atomic E-state index is 14.4. The molecule has 2 heterocycles. The van der Waals surface area contributed by atoms with Crippen molar-refractivity contribution in [3.63, 3.8) is 0 Å². The van der Waals surface area contributed by atoms with Crippen LogP contribution in [0.1, 0.15) is 10.4 Å². The lowest BCUT2D eigenvalue weighted by Gasteiger charge is -2.09. The topological polar surface area (TPSA) is 79.9 Å². The van der Waals surface area contributed by atoms with Gasteiger partial charge in [0.05, 0.1) is 35.6 Å². The molecule has 4 aromatic rings. The Morgan fingerprint density at radius 1 is 1.14 bits per heavy atom. The average molecular weight is 394 g/mol. The van der Waals surface area contributed by atoms with Crippen molar-refractivity contribution in [3.8, 4) is 28.3 Å². The van der Waals surface area contributed by atoms with Crippen molar-refractivity contribution in [2.75, 3.05) is 14.2 Å². The number of aromatic nitrogens is 3. The number of carbonyl (C=O) groups is 1. The first-order chi connectivity index (χ1) is 14.0. The Bertz CT molecular complexity index is 1240. The van der Waals surface area contributed by atoms with E-state index in [0.29, 0.717) is 33.6 Å². The SMILES string of the molecule is CNC(=O)c1ccc(-c2n[nH]c3cnc(-c4c(F)cccc4OC)cc23)cc1F. The third-order valence-electron chi connectivity index (χ3n) is 4.61. The first-order valence-electron chi connectivity index (χ1n) is 8.72. The summed E-state index contributed by atoms with van der Waals surface area (Å²) >= 11 is 0. The third-order valence-corrected chi connectivity index (χ3v) is 4.61. The van der Waals surface area contributed by atoms with Crippen molar-refractivity contribution in [1.29, 1.82) is 0 Å². The summed E-state index contributed by atoms with van der Waals surface area (Å²) in [6.07, 6.45) is 1.53. The maximum Gasteiger partial charge on any atom is 0.253 e. The first-order valence-corrected chi connectivity index (χ1v) is 8.72. The second kappa shape index (κ2) is 7.31. The Kier molecular flexibility index (Phi) is 4.67. The van der Waals surface area contributed by atoms with Crippen LogP contribution in [-0.2, 0) is 0 Å². The lowest BCUT2D eigenvalue weighted by atomic mass is 10.0. The number of nitrogens with one attached hydrogen (secondary N) is 2. The van der Waals surface area contributed by atoms with E-state index in [2.05, 4.69) is 20.5 Å². The zero-order valence-electron chi connectivity index (χ0n) is 15.6. The largest absolute Gasteiger partial charge is 0.496 e. The van der Waals surface area contributed by atoms with Gasteiger partial charge in [-0.15, -0.1) is 0 Å². The van der Waals surface area contributed by atoms with Crippen molar-refractivity contribution < 1.29 is 18.3 Å². The molecule has 29 heavy (non-hydrogen) atoms. The number of fused-ring (bicyclic) bond motifs is 1. The van der Waals surface area contributed by atoms with E-state index in [-0.39, 0.29) is 11.1 Å². The molecule has 8 heteroatoms. The van der Waals surface area contributed by atoms with Crippen molar-refractivity contribution in [2.45, 2.75) is 0 Å². The monoisotopic (exact) mass is 394 g/mol. The molecule has 0 bridgehead atoms. The van der Waals surface area contributed by atoms with E-state index in [0.717, 1.165) is 0 Å². The highest BCUT2D eigenvalue weighted by atomic mass is 19.1. The summed E-state index contributed by atoms with van der Waals surface area (Å²) in [5.41, 5.74) is 2.06. The number of ether oxygens (including phenoxy) is 1. The molecule has 0 fully saturated rings. The standard InChI is InChI=1S/C21H16F2N4O2/c1-24-21(28)12-7-6-11(8-15(12)23)20-13-9-16(25-10-17(13)26-27-20)19-14(22)4-3-5-18(19)29-2/h3-10H,1-2H3,(H,24,28)(H,26,27). The fraction of sp³-hybridized carbons (Fsp3) is 0.0952. The Balaban J connectivity index is 1.86. The van der Waals surface area contributed by atoms with Crippen LogP contribution < -0.4 is 10.1 Å². The molecule has 6 nitrogen and oxygen atoms in total. The van der Waals surface area contributed by atoms with Gasteiger partial charge in [0.1, 0.15) is 23.1 Å². The van der Waals surface area contributed by atoms with E-state index in [4.69, 9.17) is 4.74 Å². The van der Waals surface area contributed by atoms with Gasteiger partial charge in [0.25, 0.3) is 5.91 Å². The Morgan fingerprint density at radius 2 is 1.97 bits per heavy atom. The van der Waals surface area contributed by atoms with Crippen LogP contribution in [0.4, 0.5) is 8.78 Å². The molecule has 2 aromatic carbocycles. The van der Waals surface area contributed by atoms with E-state index in [1.165, 1.54) is 38.6 Å². The van der Waals surface area contributed by atoms with Crippen LogP contribution in [-0.4, -0.2) is 35.2 Å². The Hall–Kier alpha value is -3.81. The van der Waals surface area contributed by atoms with Gasteiger partial charge >= 0.3 is 0 Å². The number of amides is 1. The van der Waals surface area contributed by atoms with Crippen LogP contribution in [0.2, 0.25) is 0 Å². The van der Waals surface area contributed by atoms with Crippen molar-refractivity contribution in [1.82, 2.24) is 20.5 Å². The molecule has 0 unspecified atom stereocenters. The molecule has 0 aliphatic carbocycles. The summed E-state index contributed by atoms with van der Waals surface area (Å²) in [4.78, 5) is 16.0. The van der Waals surface area contributed by atoms with Gasteiger partial charge in [-0.3, -0.25) is 14.9 Å². The maximum atomic E-state index is 14.4. The molecule has 0 saturated heterocycles. The number of nitrogens with zero attached hydrogens (tertiary/aromatic N) is 2. The smallest absolute Gasteiger partial charge is 0.253 e. The van der Waals surface area contributed by atoms with Gasteiger partial charge in [-0.2, -0.15) is 5.10 Å². The van der Waals surface area contributed by atoms with E-state index in [9.17, 15) is 13.6 Å². The van der Waals surface area contributed by atoms with E-state index < -0.39 is 17.5 Å². The molecule has 146 valence electrons. The molecule has 0 radical (unpaired) electrons. The van der Waals surface area contributed by atoms with Gasteiger partial charge in [0.15, 0.2) is 0 Å². The van der Waals surface area contributed by atoms with Crippen LogP contribution >= 0.6 is 0 Å². The lowest BCUT2D eigenvalue weighted by Crippen LogP contribution is -2.19. The molecule has 0 atom stereocenters. The van der Waals surface area contributed by atoms with Crippen LogP contribution in [0.3, 0.4) is 0 Å². The minimum atomic E-state index is -0.664. The molecular weight excluding hydrogens is 378 g/mol. The van der Waals surface area contributed by atoms with E-state index in [1.807, 2.05) is 0 Å². The zero-order valence-corrected chi connectivity index (χ0v) is 15.6. The van der Waals surface area contributed by atoms with Crippen molar-refractivity contribution in [2.24, 2.45) is 0 Å². The summed E-state index contributed by atoms with van der Waals surface area (Å²) in [7, 11) is 2.89. The number of aromatic amines is 1. The Morgan fingerprint density at radius 3 is 2.69 bits per heavy atom. The van der Waals surface area contributed by atoms with Gasteiger partial charge in [0.2, 0.25) is 0 Å². The number of rotatable bonds is 4. The van der Waals surface area contributed by atoms with Crippen LogP contribution in [0.25, 0.3) is 33.4 Å². The molecule has 1 amide bonds. The number of halogens is 2. The minimum Gasteiger partial charge on any atom is -0.496 e. The minimum absolute atomic E-state index is 0.0606. The molecule has 2 aromatic heterocycles. The zero-order chi connectivity index (χ0) is 20.5. The number of benzene rings is 2. The predicted octanol–water partition coefficient (Wildman–Crippen LogP) is 3.94. The second-order valence-electron chi connectivity index (χ2n) is 6.28. The molecule has 0 saturated carbocycles. The predicted molar refractivity (Wildman–Crippen MR) is 105 cm³/mol. The third kappa shape index (κ3) is 3.18. The van der Waals surface area contributed by atoms with E-state index >= 15 is 0 Å². The molecular formula is C21H16F2N4O2. The fourth-order valence-corrected chi connectivity index (χ4v) is 3.18. The summed E-state index contributed by atoms with van der Waals surface area (Å²) in [5, 5.41) is 10.1.